The van der Waals surface area contributed by atoms with E-state index in [0.717, 1.165) is 25.7 Å². The van der Waals surface area contributed by atoms with Crippen molar-refractivity contribution < 1.29 is 28.8 Å². The lowest BCUT2D eigenvalue weighted by molar-refractivity contribution is -0.147. The first kappa shape index (κ1) is 27.0. The van der Waals surface area contributed by atoms with Crippen molar-refractivity contribution in [3.63, 3.8) is 0 Å². The van der Waals surface area contributed by atoms with Gasteiger partial charge in [-0.05, 0) is 36.8 Å². The predicted octanol–water partition coefficient (Wildman–Crippen LogP) is 2.64. The summed E-state index contributed by atoms with van der Waals surface area (Å²) in [6.45, 7) is 4.02. The molecule has 4 N–H and O–H groups in total. The molecule has 2 fully saturated rings. The Balaban J connectivity index is 1.99. The van der Waals surface area contributed by atoms with Gasteiger partial charge >= 0.3 is 12.1 Å². The molecule has 10 nitrogen and oxygen atoms in total. The Morgan fingerprint density at radius 2 is 0.889 bits per heavy atom. The molecule has 0 atom stereocenters. The average molecular weight is 499 g/mol. The van der Waals surface area contributed by atoms with Crippen LogP contribution in [-0.4, -0.2) is 35.7 Å². The van der Waals surface area contributed by atoms with Gasteiger partial charge in [0.05, 0.1) is 0 Å². The van der Waals surface area contributed by atoms with Crippen molar-refractivity contribution in [1.29, 1.82) is 0 Å². The van der Waals surface area contributed by atoms with Crippen molar-refractivity contribution in [2.75, 3.05) is 0 Å². The highest BCUT2D eigenvalue weighted by Crippen LogP contribution is 2.37. The lowest BCUT2D eigenvalue weighted by Crippen LogP contribution is -2.63. The second-order valence-electron chi connectivity index (χ2n) is 9.68. The minimum atomic E-state index is -1.50. The van der Waals surface area contributed by atoms with Crippen molar-refractivity contribution >= 4 is 35.7 Å². The molecule has 36 heavy (non-hydrogen) atoms. The number of amides is 8. The molecule has 2 aliphatic heterocycles. The Morgan fingerprint density at radius 3 is 1.19 bits per heavy atom. The van der Waals surface area contributed by atoms with E-state index in [1.807, 2.05) is 13.8 Å². The maximum Gasteiger partial charge on any atom is 0.328 e. The molecular formula is C26H34N4O6. The number of rotatable bonds is 12. The van der Waals surface area contributed by atoms with E-state index in [-0.39, 0.29) is 25.7 Å². The van der Waals surface area contributed by atoms with E-state index in [0.29, 0.717) is 24.0 Å². The van der Waals surface area contributed by atoms with E-state index < -0.39 is 46.5 Å². The van der Waals surface area contributed by atoms with Crippen LogP contribution >= 0.6 is 0 Å². The zero-order chi connectivity index (χ0) is 26.3. The van der Waals surface area contributed by atoms with E-state index in [4.69, 9.17) is 0 Å². The molecule has 3 rings (SSSR count). The zero-order valence-corrected chi connectivity index (χ0v) is 20.8. The number of unbranched alkanes of at least 4 members (excludes halogenated alkanes) is 4. The van der Waals surface area contributed by atoms with E-state index in [2.05, 4.69) is 21.3 Å². The Kier molecular flexibility index (Phi) is 8.60. The van der Waals surface area contributed by atoms with E-state index in [9.17, 15) is 28.8 Å². The summed E-state index contributed by atoms with van der Waals surface area (Å²) in [6, 6.07) is 5.35. The summed E-state index contributed by atoms with van der Waals surface area (Å²) in [5, 5.41) is 8.94. The summed E-state index contributed by atoms with van der Waals surface area (Å²) in [5.74, 6) is -2.62. The van der Waals surface area contributed by atoms with Crippen molar-refractivity contribution in [2.24, 2.45) is 10.8 Å². The van der Waals surface area contributed by atoms with Crippen molar-refractivity contribution in [1.82, 2.24) is 21.3 Å². The van der Waals surface area contributed by atoms with Crippen LogP contribution in [0.4, 0.5) is 9.59 Å². The SMILES string of the molecule is CCCCCC1(Cc2ccccc2CC2(CCCCC)C(=O)NC(=O)NC2=O)C(=O)NC(=O)NC1=O. The van der Waals surface area contributed by atoms with Crippen LogP contribution in [0, 0.1) is 10.8 Å². The fourth-order valence-electron chi connectivity index (χ4n) is 5.02. The van der Waals surface area contributed by atoms with Gasteiger partial charge in [0, 0.05) is 0 Å². The standard InChI is InChI=1S/C26H34N4O6/c1-3-5-9-13-25(19(31)27-23(35)28-20(25)32)15-17-11-7-8-12-18(17)16-26(14-10-6-4-2)21(33)29-24(36)30-22(26)34/h7-8,11-12H,3-6,9-10,13-16H2,1-2H3,(H2,27,28,31,32,35)(H2,29,30,33,34,36). The number of hydrogen-bond donors (Lipinski definition) is 4. The fourth-order valence-corrected chi connectivity index (χ4v) is 5.02. The normalized spacial score (nSPS) is 18.8. The molecule has 10 heteroatoms. The van der Waals surface area contributed by atoms with Crippen LogP contribution in [0.5, 0.6) is 0 Å². The van der Waals surface area contributed by atoms with Gasteiger partial charge in [0.2, 0.25) is 23.6 Å². The van der Waals surface area contributed by atoms with Gasteiger partial charge in [0.15, 0.2) is 0 Å². The number of benzene rings is 1. The van der Waals surface area contributed by atoms with Gasteiger partial charge in [0.25, 0.3) is 0 Å². The summed E-state index contributed by atoms with van der Waals surface area (Å²) in [6.07, 6.45) is 5.13. The van der Waals surface area contributed by atoms with Crippen LogP contribution in [0.3, 0.4) is 0 Å². The molecule has 0 saturated carbocycles. The number of carbonyl (C=O) groups excluding carboxylic acids is 6. The molecule has 1 aromatic carbocycles. The Morgan fingerprint density at radius 1 is 0.556 bits per heavy atom. The highest BCUT2D eigenvalue weighted by Gasteiger charge is 2.52. The van der Waals surface area contributed by atoms with Crippen LogP contribution in [0.15, 0.2) is 24.3 Å². The molecule has 0 aliphatic carbocycles. The first-order valence-corrected chi connectivity index (χ1v) is 12.6. The summed E-state index contributed by atoms with van der Waals surface area (Å²) >= 11 is 0. The number of urea groups is 2. The minimum absolute atomic E-state index is 0.00500. The third-order valence-electron chi connectivity index (χ3n) is 7.16. The second-order valence-corrected chi connectivity index (χ2v) is 9.68. The number of carbonyl (C=O) groups is 6. The van der Waals surface area contributed by atoms with Gasteiger partial charge in [-0.15, -0.1) is 0 Å². The molecule has 0 radical (unpaired) electrons. The monoisotopic (exact) mass is 498 g/mol. The third-order valence-corrected chi connectivity index (χ3v) is 7.16. The van der Waals surface area contributed by atoms with Gasteiger partial charge < -0.3 is 0 Å². The first-order valence-electron chi connectivity index (χ1n) is 12.6. The van der Waals surface area contributed by atoms with E-state index >= 15 is 0 Å². The fraction of sp³-hybridized carbons (Fsp3) is 0.538. The first-order chi connectivity index (χ1) is 17.2. The second kappa shape index (κ2) is 11.5. The lowest BCUT2D eigenvalue weighted by Gasteiger charge is -2.36. The molecule has 8 amide bonds. The van der Waals surface area contributed by atoms with Crippen molar-refractivity contribution in [3.8, 4) is 0 Å². The predicted molar refractivity (Wildman–Crippen MR) is 130 cm³/mol. The van der Waals surface area contributed by atoms with Gasteiger partial charge in [0.1, 0.15) is 10.8 Å². The van der Waals surface area contributed by atoms with Crippen molar-refractivity contribution in [3.05, 3.63) is 35.4 Å². The Hall–Kier alpha value is -3.56. The number of hydrogen-bond acceptors (Lipinski definition) is 6. The van der Waals surface area contributed by atoms with Crippen LogP contribution < -0.4 is 21.3 Å². The van der Waals surface area contributed by atoms with Gasteiger partial charge in [-0.25, -0.2) is 9.59 Å². The molecule has 0 spiro atoms. The lowest BCUT2D eigenvalue weighted by atomic mass is 9.70. The molecule has 0 aromatic heterocycles. The van der Waals surface area contributed by atoms with Gasteiger partial charge in [-0.3, -0.25) is 40.4 Å². The average Bonchev–Trinajstić information content (AvgIpc) is 2.81. The molecule has 194 valence electrons. The molecule has 0 unspecified atom stereocenters. The Labute approximate surface area is 210 Å². The smallest absolute Gasteiger partial charge is 0.277 e. The zero-order valence-electron chi connectivity index (χ0n) is 20.8. The molecular weight excluding hydrogens is 464 g/mol. The molecule has 1 aromatic rings. The number of barbiturate groups is 2. The minimum Gasteiger partial charge on any atom is -0.277 e. The Bertz CT molecular complexity index is 943. The maximum absolute atomic E-state index is 13.1. The highest BCUT2D eigenvalue weighted by molar-refractivity contribution is 6.20. The van der Waals surface area contributed by atoms with Crippen LogP contribution in [0.2, 0.25) is 0 Å². The quantitative estimate of drug-likeness (QED) is 0.257. The maximum atomic E-state index is 13.1. The van der Waals surface area contributed by atoms with Gasteiger partial charge in [-0.2, -0.15) is 0 Å². The molecule has 2 aliphatic rings. The molecule has 0 bridgehead atoms. The third kappa shape index (κ3) is 5.47. The highest BCUT2D eigenvalue weighted by atomic mass is 16.2. The number of imide groups is 4. The van der Waals surface area contributed by atoms with Crippen molar-refractivity contribution in [2.45, 2.75) is 78.1 Å². The number of nitrogens with one attached hydrogen (secondary N) is 4. The van der Waals surface area contributed by atoms with E-state index in [1.54, 1.807) is 24.3 Å². The molecule has 2 heterocycles. The topological polar surface area (TPSA) is 151 Å². The summed E-state index contributed by atoms with van der Waals surface area (Å²) in [4.78, 5) is 75.8. The van der Waals surface area contributed by atoms with Crippen LogP contribution in [0.1, 0.15) is 76.3 Å². The van der Waals surface area contributed by atoms with Crippen LogP contribution in [0.25, 0.3) is 0 Å². The summed E-state index contributed by atoms with van der Waals surface area (Å²) in [5.41, 5.74) is -1.74. The van der Waals surface area contributed by atoms with Gasteiger partial charge in [-0.1, -0.05) is 76.6 Å². The van der Waals surface area contributed by atoms with E-state index in [1.165, 1.54) is 0 Å². The summed E-state index contributed by atoms with van der Waals surface area (Å²) in [7, 11) is 0. The van der Waals surface area contributed by atoms with Crippen LogP contribution in [-0.2, 0) is 32.0 Å². The molecule has 2 saturated heterocycles. The largest absolute Gasteiger partial charge is 0.328 e. The summed E-state index contributed by atoms with van der Waals surface area (Å²) < 4.78 is 0.